The number of rotatable bonds is 8. The lowest BCUT2D eigenvalue weighted by molar-refractivity contribution is 0.00222. The van der Waals surface area contributed by atoms with E-state index in [9.17, 15) is 0 Å². The van der Waals surface area contributed by atoms with Crippen LogP contribution in [0.4, 0.5) is 0 Å². The molecule has 0 atom stereocenters. The molecule has 0 radical (unpaired) electrons. The summed E-state index contributed by atoms with van der Waals surface area (Å²) < 4.78 is 5.69. The average molecular weight is 227 g/mol. The van der Waals surface area contributed by atoms with Crippen LogP contribution in [0.5, 0.6) is 0 Å². The molecule has 1 heterocycles. The highest BCUT2D eigenvalue weighted by atomic mass is 16.5. The first kappa shape index (κ1) is 13.7. The Hall–Kier alpha value is -0.380. The van der Waals surface area contributed by atoms with Crippen LogP contribution < -0.4 is 0 Å². The fourth-order valence-electron chi connectivity index (χ4n) is 2.07. The zero-order valence-electron chi connectivity index (χ0n) is 10.2. The van der Waals surface area contributed by atoms with Crippen LogP contribution in [-0.2, 0) is 4.74 Å². The van der Waals surface area contributed by atoms with Gasteiger partial charge in [-0.05, 0) is 38.6 Å². The highest BCUT2D eigenvalue weighted by Gasteiger charge is 2.18. The van der Waals surface area contributed by atoms with Crippen molar-refractivity contribution in [3.8, 4) is 0 Å². The van der Waals surface area contributed by atoms with E-state index in [2.05, 4.69) is 11.5 Å². The number of ether oxygens (including phenoxy) is 1. The van der Waals surface area contributed by atoms with Crippen molar-refractivity contribution in [2.45, 2.75) is 38.2 Å². The molecule has 1 rings (SSSR count). The SMILES string of the molecule is C=CCCCN1CCC(OCCCO)CC1. The van der Waals surface area contributed by atoms with E-state index in [4.69, 9.17) is 9.84 Å². The second-order valence-corrected chi connectivity index (χ2v) is 4.42. The maximum atomic E-state index is 8.66. The predicted octanol–water partition coefficient (Wildman–Crippen LogP) is 1.82. The molecule has 3 heteroatoms. The standard InChI is InChI=1S/C13H25NO2/c1-2-3-4-8-14-9-6-13(7-10-14)16-12-5-11-15/h2,13,15H,1,3-12H2. The molecule has 0 unspecified atom stereocenters. The van der Waals surface area contributed by atoms with E-state index in [-0.39, 0.29) is 6.61 Å². The molecule has 0 aromatic carbocycles. The maximum Gasteiger partial charge on any atom is 0.0599 e. The van der Waals surface area contributed by atoms with Crippen LogP contribution in [0.1, 0.15) is 32.1 Å². The molecule has 3 nitrogen and oxygen atoms in total. The fourth-order valence-corrected chi connectivity index (χ4v) is 2.07. The summed E-state index contributed by atoms with van der Waals surface area (Å²) in [6.07, 6.45) is 7.79. The summed E-state index contributed by atoms with van der Waals surface area (Å²) >= 11 is 0. The molecule has 0 amide bonds. The van der Waals surface area contributed by atoms with Crippen LogP contribution in [0.25, 0.3) is 0 Å². The number of unbranched alkanes of at least 4 members (excludes halogenated alkanes) is 1. The quantitative estimate of drug-likeness (QED) is 0.507. The molecule has 0 saturated carbocycles. The predicted molar refractivity (Wildman–Crippen MR) is 66.5 cm³/mol. The topological polar surface area (TPSA) is 32.7 Å². The van der Waals surface area contributed by atoms with Crippen molar-refractivity contribution in [2.24, 2.45) is 0 Å². The van der Waals surface area contributed by atoms with Crippen molar-refractivity contribution < 1.29 is 9.84 Å². The largest absolute Gasteiger partial charge is 0.396 e. The lowest BCUT2D eigenvalue weighted by Crippen LogP contribution is -2.37. The monoisotopic (exact) mass is 227 g/mol. The van der Waals surface area contributed by atoms with Crippen molar-refractivity contribution in [2.75, 3.05) is 32.8 Å². The second-order valence-electron chi connectivity index (χ2n) is 4.42. The molecule has 1 aliphatic rings. The van der Waals surface area contributed by atoms with E-state index in [1.807, 2.05) is 6.08 Å². The average Bonchev–Trinajstić information content (AvgIpc) is 2.32. The minimum atomic E-state index is 0.237. The Balaban J connectivity index is 2.02. The molecular formula is C13H25NO2. The number of likely N-dealkylation sites (tertiary alicyclic amines) is 1. The fraction of sp³-hybridized carbons (Fsp3) is 0.846. The van der Waals surface area contributed by atoms with Gasteiger partial charge in [-0.3, -0.25) is 0 Å². The van der Waals surface area contributed by atoms with Gasteiger partial charge >= 0.3 is 0 Å². The Labute approximate surface area is 99.1 Å². The van der Waals surface area contributed by atoms with Crippen LogP contribution in [-0.4, -0.2) is 49.0 Å². The normalized spacial score (nSPS) is 18.8. The first-order valence-corrected chi connectivity index (χ1v) is 6.42. The Bertz CT molecular complexity index is 177. The van der Waals surface area contributed by atoms with Crippen LogP contribution >= 0.6 is 0 Å². The van der Waals surface area contributed by atoms with Crippen LogP contribution in [0, 0.1) is 0 Å². The highest BCUT2D eigenvalue weighted by molar-refractivity contribution is 4.74. The third-order valence-corrected chi connectivity index (χ3v) is 3.07. The van der Waals surface area contributed by atoms with Gasteiger partial charge in [-0.1, -0.05) is 6.08 Å². The summed E-state index contributed by atoms with van der Waals surface area (Å²) in [5, 5.41) is 8.66. The van der Waals surface area contributed by atoms with Gasteiger partial charge in [0.25, 0.3) is 0 Å². The first-order chi connectivity index (χ1) is 7.86. The number of allylic oxidation sites excluding steroid dienone is 1. The zero-order chi connectivity index (χ0) is 11.6. The minimum absolute atomic E-state index is 0.237. The van der Waals surface area contributed by atoms with Crippen LogP contribution in [0.2, 0.25) is 0 Å². The Kier molecular flexibility index (Phi) is 7.47. The highest BCUT2D eigenvalue weighted by Crippen LogP contribution is 2.14. The van der Waals surface area contributed by atoms with Gasteiger partial charge in [0.15, 0.2) is 0 Å². The number of hydrogen-bond acceptors (Lipinski definition) is 3. The van der Waals surface area contributed by atoms with Crippen molar-refractivity contribution >= 4 is 0 Å². The molecular weight excluding hydrogens is 202 g/mol. The van der Waals surface area contributed by atoms with Gasteiger partial charge in [0, 0.05) is 26.3 Å². The number of aliphatic hydroxyl groups excluding tert-OH is 1. The third kappa shape index (κ3) is 5.64. The first-order valence-electron chi connectivity index (χ1n) is 6.42. The summed E-state index contributed by atoms with van der Waals surface area (Å²) in [7, 11) is 0. The van der Waals surface area contributed by atoms with E-state index in [0.29, 0.717) is 12.7 Å². The second kappa shape index (κ2) is 8.74. The summed E-state index contributed by atoms with van der Waals surface area (Å²) in [4.78, 5) is 2.51. The molecule has 1 saturated heterocycles. The summed E-state index contributed by atoms with van der Waals surface area (Å²) in [5.74, 6) is 0. The van der Waals surface area contributed by atoms with E-state index in [1.165, 1.54) is 13.0 Å². The molecule has 1 N–H and O–H groups in total. The number of hydrogen-bond donors (Lipinski definition) is 1. The molecule has 1 aliphatic heterocycles. The summed E-state index contributed by atoms with van der Waals surface area (Å²) in [5.41, 5.74) is 0. The number of aliphatic hydroxyl groups is 1. The molecule has 94 valence electrons. The van der Waals surface area contributed by atoms with Gasteiger partial charge in [0.05, 0.1) is 6.10 Å². The van der Waals surface area contributed by atoms with Gasteiger partial charge in [-0.25, -0.2) is 0 Å². The molecule has 0 bridgehead atoms. The number of piperidine rings is 1. The van der Waals surface area contributed by atoms with E-state index in [1.54, 1.807) is 0 Å². The van der Waals surface area contributed by atoms with Crippen LogP contribution in [0.3, 0.4) is 0 Å². The van der Waals surface area contributed by atoms with Crippen molar-refractivity contribution in [3.63, 3.8) is 0 Å². The van der Waals surface area contributed by atoms with Gasteiger partial charge in [0.1, 0.15) is 0 Å². The summed E-state index contributed by atoms with van der Waals surface area (Å²) in [6.45, 7) is 8.18. The van der Waals surface area contributed by atoms with Crippen molar-refractivity contribution in [3.05, 3.63) is 12.7 Å². The van der Waals surface area contributed by atoms with E-state index in [0.717, 1.165) is 38.8 Å². The van der Waals surface area contributed by atoms with Gasteiger partial charge in [-0.15, -0.1) is 6.58 Å². The van der Waals surface area contributed by atoms with Gasteiger partial charge in [0.2, 0.25) is 0 Å². The molecule has 0 spiro atoms. The van der Waals surface area contributed by atoms with Gasteiger partial charge < -0.3 is 14.7 Å². The molecule has 0 aromatic rings. The Morgan fingerprint density at radius 3 is 2.69 bits per heavy atom. The van der Waals surface area contributed by atoms with Crippen molar-refractivity contribution in [1.82, 2.24) is 4.90 Å². The minimum Gasteiger partial charge on any atom is -0.396 e. The van der Waals surface area contributed by atoms with E-state index >= 15 is 0 Å². The lowest BCUT2D eigenvalue weighted by Gasteiger charge is -2.31. The number of nitrogens with zero attached hydrogens (tertiary/aromatic N) is 1. The van der Waals surface area contributed by atoms with E-state index < -0.39 is 0 Å². The smallest absolute Gasteiger partial charge is 0.0599 e. The third-order valence-electron chi connectivity index (χ3n) is 3.07. The summed E-state index contributed by atoms with van der Waals surface area (Å²) in [6, 6.07) is 0. The van der Waals surface area contributed by atoms with Crippen molar-refractivity contribution in [1.29, 1.82) is 0 Å². The molecule has 0 aromatic heterocycles. The Morgan fingerprint density at radius 2 is 2.06 bits per heavy atom. The van der Waals surface area contributed by atoms with Gasteiger partial charge in [-0.2, -0.15) is 0 Å². The Morgan fingerprint density at radius 1 is 1.31 bits per heavy atom. The maximum absolute atomic E-state index is 8.66. The van der Waals surface area contributed by atoms with Crippen LogP contribution in [0.15, 0.2) is 12.7 Å². The lowest BCUT2D eigenvalue weighted by atomic mass is 10.1. The molecule has 0 aliphatic carbocycles. The molecule has 1 fully saturated rings. The zero-order valence-corrected chi connectivity index (χ0v) is 10.2. The molecule has 16 heavy (non-hydrogen) atoms.